The van der Waals surface area contributed by atoms with Crippen molar-refractivity contribution in [3.05, 3.63) is 65.0 Å². The van der Waals surface area contributed by atoms with Crippen LogP contribution >= 0.6 is 11.8 Å². The lowest BCUT2D eigenvalue weighted by molar-refractivity contribution is -0.125. The minimum Gasteiger partial charge on any atom is -0.348 e. The molecule has 2 aromatic carbocycles. The summed E-state index contributed by atoms with van der Waals surface area (Å²) < 4.78 is 13.9. The molecule has 28 heavy (non-hydrogen) atoms. The van der Waals surface area contributed by atoms with E-state index in [0.717, 1.165) is 10.5 Å². The van der Waals surface area contributed by atoms with Crippen molar-refractivity contribution in [1.82, 2.24) is 15.1 Å². The molecule has 0 unspecified atom stereocenters. The molecule has 0 bridgehead atoms. The molecule has 0 radical (unpaired) electrons. The van der Waals surface area contributed by atoms with E-state index in [1.165, 1.54) is 22.7 Å². The Labute approximate surface area is 169 Å². The lowest BCUT2D eigenvalue weighted by Crippen LogP contribution is -2.25. The quantitative estimate of drug-likeness (QED) is 0.689. The maximum absolute atomic E-state index is 13.9. The van der Waals surface area contributed by atoms with Crippen LogP contribution in [-0.2, 0) is 17.9 Å². The predicted octanol–water partition coefficient (Wildman–Crippen LogP) is 3.00. The minimum absolute atomic E-state index is 0.0139. The number of rotatable bonds is 8. The first-order valence-corrected chi connectivity index (χ1v) is 9.88. The first-order valence-electron chi connectivity index (χ1n) is 8.90. The fourth-order valence-corrected chi connectivity index (χ4v) is 3.55. The molecule has 0 saturated carbocycles. The van der Waals surface area contributed by atoms with E-state index in [9.17, 15) is 14.0 Å². The van der Waals surface area contributed by atoms with Crippen LogP contribution in [0.5, 0.6) is 0 Å². The Morgan fingerprint density at radius 1 is 1.07 bits per heavy atom. The van der Waals surface area contributed by atoms with Gasteiger partial charge in [0, 0.05) is 37.6 Å². The van der Waals surface area contributed by atoms with Crippen LogP contribution in [0.3, 0.4) is 0 Å². The number of nitrogens with zero attached hydrogens (tertiary/aromatic N) is 2. The van der Waals surface area contributed by atoms with Gasteiger partial charge in [0.15, 0.2) is 0 Å². The lowest BCUT2D eigenvalue weighted by atomic mass is 10.1. The Kier molecular flexibility index (Phi) is 8.02. The molecule has 150 valence electrons. The highest BCUT2D eigenvalue weighted by molar-refractivity contribution is 8.00. The molecule has 0 spiro atoms. The van der Waals surface area contributed by atoms with Gasteiger partial charge in [-0.05, 0) is 43.9 Å². The molecule has 0 aliphatic rings. The summed E-state index contributed by atoms with van der Waals surface area (Å²) in [5.74, 6) is -0.224. The van der Waals surface area contributed by atoms with Crippen LogP contribution in [0.2, 0.25) is 0 Å². The third-order valence-corrected chi connectivity index (χ3v) is 5.09. The molecule has 0 aliphatic heterocycles. The average molecular weight is 404 g/mol. The fraction of sp³-hybridized carbons (Fsp3) is 0.333. The Hall–Kier alpha value is -2.38. The largest absolute Gasteiger partial charge is 0.348 e. The molecular formula is C21H26FN3O2S. The van der Waals surface area contributed by atoms with Gasteiger partial charge in [-0.3, -0.25) is 9.59 Å². The summed E-state index contributed by atoms with van der Waals surface area (Å²) in [7, 11) is 7.16. The van der Waals surface area contributed by atoms with Crippen molar-refractivity contribution < 1.29 is 14.0 Å². The fourth-order valence-electron chi connectivity index (χ4n) is 2.53. The van der Waals surface area contributed by atoms with Crippen molar-refractivity contribution in [3.8, 4) is 0 Å². The first kappa shape index (κ1) is 21.9. The highest BCUT2D eigenvalue weighted by Gasteiger charge is 2.14. The van der Waals surface area contributed by atoms with Crippen molar-refractivity contribution >= 4 is 23.6 Å². The minimum atomic E-state index is -0.254. The molecule has 2 aromatic rings. The third-order valence-electron chi connectivity index (χ3n) is 4.03. The second-order valence-corrected chi connectivity index (χ2v) is 7.94. The van der Waals surface area contributed by atoms with E-state index in [2.05, 4.69) is 5.32 Å². The van der Waals surface area contributed by atoms with E-state index in [1.807, 2.05) is 31.1 Å². The monoisotopic (exact) mass is 403 g/mol. The summed E-state index contributed by atoms with van der Waals surface area (Å²) in [5, 5.41) is 2.88. The van der Waals surface area contributed by atoms with Crippen LogP contribution in [0.4, 0.5) is 4.39 Å². The summed E-state index contributed by atoms with van der Waals surface area (Å²) in [6, 6.07) is 12.1. The molecule has 5 nitrogen and oxygen atoms in total. The van der Waals surface area contributed by atoms with Crippen molar-refractivity contribution in [2.45, 2.75) is 18.0 Å². The standard InChI is InChI=1S/C21H26FN3O2S/c1-24(2)13-16-11-15(9-10-18(16)22)12-23-21(27)17-7-5-6-8-19(17)28-14-20(26)25(3)4/h5-11H,12-14H2,1-4H3,(H,23,27). The Balaban J connectivity index is 2.05. The van der Waals surface area contributed by atoms with Gasteiger partial charge in [0.1, 0.15) is 5.82 Å². The number of benzene rings is 2. The molecular weight excluding hydrogens is 377 g/mol. The summed E-state index contributed by atoms with van der Waals surface area (Å²) >= 11 is 1.34. The second kappa shape index (κ2) is 10.2. The predicted molar refractivity (Wildman–Crippen MR) is 111 cm³/mol. The van der Waals surface area contributed by atoms with Gasteiger partial charge in [-0.1, -0.05) is 18.2 Å². The van der Waals surface area contributed by atoms with Crippen molar-refractivity contribution in [1.29, 1.82) is 0 Å². The van der Waals surface area contributed by atoms with Gasteiger partial charge >= 0.3 is 0 Å². The van der Waals surface area contributed by atoms with Crippen molar-refractivity contribution in [2.75, 3.05) is 33.9 Å². The molecule has 2 amide bonds. The van der Waals surface area contributed by atoms with Gasteiger partial charge in [0.2, 0.25) is 5.91 Å². The number of thioether (sulfide) groups is 1. The van der Waals surface area contributed by atoms with E-state index in [0.29, 0.717) is 24.2 Å². The molecule has 2 rings (SSSR count). The topological polar surface area (TPSA) is 52.7 Å². The molecule has 1 N–H and O–H groups in total. The van der Waals surface area contributed by atoms with Crippen LogP contribution in [0.15, 0.2) is 47.4 Å². The van der Waals surface area contributed by atoms with Crippen molar-refractivity contribution in [3.63, 3.8) is 0 Å². The summed E-state index contributed by atoms with van der Waals surface area (Å²) in [6.07, 6.45) is 0. The summed E-state index contributed by atoms with van der Waals surface area (Å²) in [5.41, 5.74) is 1.95. The van der Waals surface area contributed by atoms with E-state index in [1.54, 1.807) is 38.4 Å². The molecule has 0 aromatic heterocycles. The maximum atomic E-state index is 13.9. The van der Waals surface area contributed by atoms with Crippen LogP contribution in [0.1, 0.15) is 21.5 Å². The molecule has 0 fully saturated rings. The number of amides is 2. The lowest BCUT2D eigenvalue weighted by Gasteiger charge is -2.14. The van der Waals surface area contributed by atoms with Gasteiger partial charge in [-0.15, -0.1) is 11.8 Å². The molecule has 7 heteroatoms. The molecule has 0 heterocycles. The van der Waals surface area contributed by atoms with Gasteiger partial charge in [0.05, 0.1) is 11.3 Å². The molecule has 0 atom stereocenters. The summed E-state index contributed by atoms with van der Waals surface area (Å²) in [6.45, 7) is 0.794. The van der Waals surface area contributed by atoms with Crippen LogP contribution < -0.4 is 5.32 Å². The Bertz CT molecular complexity index is 840. The zero-order valence-corrected chi connectivity index (χ0v) is 17.5. The first-order chi connectivity index (χ1) is 13.3. The molecule has 0 aliphatic carbocycles. The average Bonchev–Trinajstić information content (AvgIpc) is 2.66. The number of nitrogens with one attached hydrogen (secondary N) is 1. The number of carbonyl (C=O) groups is 2. The van der Waals surface area contributed by atoms with Crippen LogP contribution in [-0.4, -0.2) is 55.6 Å². The van der Waals surface area contributed by atoms with Gasteiger partial charge in [0.25, 0.3) is 5.91 Å². The number of halogens is 1. The smallest absolute Gasteiger partial charge is 0.252 e. The van der Waals surface area contributed by atoms with Crippen molar-refractivity contribution in [2.24, 2.45) is 0 Å². The van der Waals surface area contributed by atoms with Crippen LogP contribution in [0, 0.1) is 5.82 Å². The third kappa shape index (κ3) is 6.35. The molecule has 0 saturated heterocycles. The zero-order valence-electron chi connectivity index (χ0n) is 16.7. The maximum Gasteiger partial charge on any atom is 0.252 e. The number of hydrogen-bond acceptors (Lipinski definition) is 4. The van der Waals surface area contributed by atoms with Gasteiger partial charge in [-0.2, -0.15) is 0 Å². The SMILES string of the molecule is CN(C)Cc1cc(CNC(=O)c2ccccc2SCC(=O)N(C)C)ccc1F. The zero-order chi connectivity index (χ0) is 20.7. The van der Waals surface area contributed by atoms with E-state index in [4.69, 9.17) is 0 Å². The van der Waals surface area contributed by atoms with Gasteiger partial charge < -0.3 is 15.1 Å². The number of hydrogen-bond donors (Lipinski definition) is 1. The second-order valence-electron chi connectivity index (χ2n) is 6.92. The van der Waals surface area contributed by atoms with Crippen LogP contribution in [0.25, 0.3) is 0 Å². The number of carbonyl (C=O) groups excluding carboxylic acids is 2. The highest BCUT2D eigenvalue weighted by Crippen LogP contribution is 2.23. The Morgan fingerprint density at radius 3 is 2.46 bits per heavy atom. The van der Waals surface area contributed by atoms with E-state index in [-0.39, 0.29) is 23.4 Å². The highest BCUT2D eigenvalue weighted by atomic mass is 32.2. The van der Waals surface area contributed by atoms with Gasteiger partial charge in [-0.25, -0.2) is 4.39 Å². The summed E-state index contributed by atoms with van der Waals surface area (Å²) in [4.78, 5) is 28.6. The Morgan fingerprint density at radius 2 is 1.79 bits per heavy atom. The van der Waals surface area contributed by atoms with E-state index >= 15 is 0 Å². The normalized spacial score (nSPS) is 10.8. The van der Waals surface area contributed by atoms with E-state index < -0.39 is 0 Å².